The van der Waals surface area contributed by atoms with E-state index in [9.17, 15) is 0 Å². The largest absolute Gasteiger partial charge is 0.0980 e. The van der Waals surface area contributed by atoms with Gasteiger partial charge in [0.25, 0.3) is 0 Å². The van der Waals surface area contributed by atoms with Crippen LogP contribution in [-0.2, 0) is 0 Å². The van der Waals surface area contributed by atoms with Crippen molar-refractivity contribution in [2.45, 2.75) is 386 Å². The van der Waals surface area contributed by atoms with Crippen molar-refractivity contribution in [2.75, 3.05) is 0 Å². The van der Waals surface area contributed by atoms with Gasteiger partial charge in [-0.05, 0) is 36.2 Å². The molecule has 3 atom stereocenters. The van der Waals surface area contributed by atoms with E-state index in [4.69, 9.17) is 0 Å². The Morgan fingerprint density at radius 2 is 0.295 bits per heavy atom. The molecule has 0 radical (unpaired) electrons. The Kier molecular flexibility index (Phi) is 53.4. The van der Waals surface area contributed by atoms with Gasteiger partial charge in [-0.2, -0.15) is 0 Å². The zero-order valence-electron chi connectivity index (χ0n) is 44.2. The fourth-order valence-corrected chi connectivity index (χ4v) is 14.8. The van der Waals surface area contributed by atoms with Crippen molar-refractivity contribution in [3.8, 4) is 0 Å². The van der Waals surface area contributed by atoms with Crippen molar-refractivity contribution in [3.63, 3.8) is 0 Å². The second-order valence-electron chi connectivity index (χ2n) is 21.3. The lowest BCUT2D eigenvalue weighted by molar-refractivity contribution is 0.523. The Hall–Kier alpha value is 0.430. The van der Waals surface area contributed by atoms with E-state index in [0.717, 1.165) is 17.0 Å². The molecule has 0 saturated heterocycles. The summed E-state index contributed by atoms with van der Waals surface area (Å²) in [6.45, 7) is 15.1. The summed E-state index contributed by atoms with van der Waals surface area (Å²) < 4.78 is 0. The Morgan fingerprint density at radius 3 is 0.426 bits per heavy atom. The van der Waals surface area contributed by atoms with E-state index in [-0.39, 0.29) is 7.92 Å². The molecule has 0 nitrogen and oxygen atoms in total. The fourth-order valence-electron chi connectivity index (χ4n) is 10.7. The molecule has 0 aromatic heterocycles. The van der Waals surface area contributed by atoms with Crippen LogP contribution in [0.15, 0.2) is 0 Å². The first-order valence-corrected chi connectivity index (χ1v) is 31.4. The minimum absolute atomic E-state index is 0.125. The molecule has 61 heavy (non-hydrogen) atoms. The first-order valence-electron chi connectivity index (χ1n) is 29.9. The van der Waals surface area contributed by atoms with E-state index in [1.807, 2.05) is 0 Å². The summed E-state index contributed by atoms with van der Waals surface area (Å²) in [5.74, 6) is 0. The zero-order chi connectivity index (χ0) is 44.4. The first kappa shape index (κ1) is 61.4. The van der Waals surface area contributed by atoms with Crippen molar-refractivity contribution in [1.82, 2.24) is 0 Å². The molecule has 3 unspecified atom stereocenters. The summed E-state index contributed by atoms with van der Waals surface area (Å²) in [7, 11) is 0.125. The van der Waals surface area contributed by atoms with Crippen molar-refractivity contribution < 1.29 is 0 Å². The van der Waals surface area contributed by atoms with E-state index in [1.165, 1.54) is 327 Å². The number of unbranched alkanes of at least 4 members (excludes halogenated alkanes) is 45. The fraction of sp³-hybridized carbons (Fsp3) is 1.00. The maximum atomic E-state index is 2.70. The lowest BCUT2D eigenvalue weighted by atomic mass is 10.0. The van der Waals surface area contributed by atoms with Gasteiger partial charge in [0.15, 0.2) is 0 Å². The van der Waals surface area contributed by atoms with E-state index in [0.29, 0.717) is 0 Å². The normalized spacial score (nSPS) is 13.9. The standard InChI is InChI=1S/C60H123P/c1-7-10-13-16-19-22-25-28-31-34-37-40-43-46-49-52-55-58(4)61(59(5)56-53-50-47-44-41-38-35-32-29-26-23-20-17-14-11-8-2)60(6)57-54-51-48-45-42-39-36-33-30-27-24-21-18-15-12-9-3/h58-60H,7-57H2,1-6H3. The summed E-state index contributed by atoms with van der Waals surface area (Å²) in [5, 5.41) is 0. The van der Waals surface area contributed by atoms with E-state index in [2.05, 4.69) is 41.5 Å². The number of hydrogen-bond acceptors (Lipinski definition) is 0. The molecule has 0 amide bonds. The highest BCUT2D eigenvalue weighted by Gasteiger charge is 2.27. The SMILES string of the molecule is CCCCCCCCCCCCCCCCCCC(C)P(C(C)CCCCCCCCCCCCCCCCCC)C(C)CCCCCCCCCCCCCCCCCC. The number of hydrogen-bond donors (Lipinski definition) is 0. The minimum Gasteiger partial charge on any atom is -0.0980 e. The van der Waals surface area contributed by atoms with Crippen LogP contribution in [0.1, 0.15) is 369 Å². The van der Waals surface area contributed by atoms with Gasteiger partial charge in [-0.3, -0.25) is 0 Å². The second-order valence-corrected chi connectivity index (χ2v) is 24.8. The molecule has 0 aliphatic carbocycles. The predicted octanol–water partition coefficient (Wildman–Crippen LogP) is 23.6. The molecule has 0 bridgehead atoms. The summed E-state index contributed by atoms with van der Waals surface area (Å²) in [5.41, 5.74) is 2.90. The molecular weight excluding hydrogens is 752 g/mol. The van der Waals surface area contributed by atoms with Gasteiger partial charge in [0.1, 0.15) is 0 Å². The maximum Gasteiger partial charge on any atom is -0.0233 e. The molecule has 0 aliphatic heterocycles. The highest BCUT2D eigenvalue weighted by atomic mass is 31.1. The van der Waals surface area contributed by atoms with Gasteiger partial charge in [0.2, 0.25) is 0 Å². The molecule has 0 aromatic carbocycles. The molecule has 0 aliphatic rings. The minimum atomic E-state index is 0.125. The summed E-state index contributed by atoms with van der Waals surface area (Å²) in [6, 6.07) is 0. The monoisotopic (exact) mass is 875 g/mol. The van der Waals surface area contributed by atoms with Gasteiger partial charge in [0.05, 0.1) is 0 Å². The predicted molar refractivity (Wildman–Crippen MR) is 288 cm³/mol. The molecule has 368 valence electrons. The molecule has 0 aromatic rings. The second kappa shape index (κ2) is 53.0. The van der Waals surface area contributed by atoms with Crippen LogP contribution in [0.5, 0.6) is 0 Å². The van der Waals surface area contributed by atoms with Crippen molar-refractivity contribution in [2.24, 2.45) is 0 Å². The quantitative estimate of drug-likeness (QED) is 0.0422. The van der Waals surface area contributed by atoms with Crippen molar-refractivity contribution in [3.05, 3.63) is 0 Å². The first-order chi connectivity index (χ1) is 30.1. The molecular formula is C60H123P. The summed E-state index contributed by atoms with van der Waals surface area (Å²) in [6.07, 6.45) is 75.5. The van der Waals surface area contributed by atoms with Crippen molar-refractivity contribution >= 4 is 7.92 Å². The average molecular weight is 876 g/mol. The van der Waals surface area contributed by atoms with Gasteiger partial charge < -0.3 is 0 Å². The Balaban J connectivity index is 4.32. The smallest absolute Gasteiger partial charge is 0.0233 e. The molecule has 0 fully saturated rings. The maximum absolute atomic E-state index is 2.70. The summed E-state index contributed by atoms with van der Waals surface area (Å²) >= 11 is 0. The van der Waals surface area contributed by atoms with Crippen LogP contribution < -0.4 is 0 Å². The lowest BCUT2D eigenvalue weighted by Crippen LogP contribution is -2.18. The van der Waals surface area contributed by atoms with Gasteiger partial charge >= 0.3 is 0 Å². The lowest BCUT2D eigenvalue weighted by Gasteiger charge is -2.36. The average Bonchev–Trinajstić information content (AvgIpc) is 3.26. The molecule has 1 heteroatoms. The van der Waals surface area contributed by atoms with Crippen molar-refractivity contribution in [1.29, 1.82) is 0 Å². The molecule has 0 rings (SSSR count). The molecule has 0 saturated carbocycles. The third kappa shape index (κ3) is 46.8. The Labute approximate surface area is 392 Å². The number of rotatable bonds is 54. The van der Waals surface area contributed by atoms with E-state index in [1.54, 1.807) is 0 Å². The summed E-state index contributed by atoms with van der Waals surface area (Å²) in [4.78, 5) is 0. The molecule has 0 spiro atoms. The topological polar surface area (TPSA) is 0 Å². The van der Waals surface area contributed by atoms with Gasteiger partial charge in [0, 0.05) is 0 Å². The van der Waals surface area contributed by atoms with Crippen LogP contribution in [0.2, 0.25) is 0 Å². The van der Waals surface area contributed by atoms with Gasteiger partial charge in [-0.25, -0.2) is 0 Å². The van der Waals surface area contributed by atoms with Crippen LogP contribution in [0.3, 0.4) is 0 Å². The third-order valence-electron chi connectivity index (χ3n) is 15.0. The van der Waals surface area contributed by atoms with Crippen LogP contribution in [-0.4, -0.2) is 17.0 Å². The Bertz CT molecular complexity index is 661. The van der Waals surface area contributed by atoms with E-state index < -0.39 is 0 Å². The van der Waals surface area contributed by atoms with Crippen LogP contribution in [0.25, 0.3) is 0 Å². The molecule has 0 N–H and O–H groups in total. The zero-order valence-corrected chi connectivity index (χ0v) is 45.1. The Morgan fingerprint density at radius 1 is 0.180 bits per heavy atom. The van der Waals surface area contributed by atoms with Crippen LogP contribution >= 0.6 is 7.92 Å². The highest BCUT2D eigenvalue weighted by Crippen LogP contribution is 2.55. The van der Waals surface area contributed by atoms with E-state index >= 15 is 0 Å². The third-order valence-corrected chi connectivity index (χ3v) is 18.8. The van der Waals surface area contributed by atoms with Crippen LogP contribution in [0, 0.1) is 0 Å². The van der Waals surface area contributed by atoms with Gasteiger partial charge in [-0.1, -0.05) is 358 Å². The molecule has 0 heterocycles. The highest BCUT2D eigenvalue weighted by molar-refractivity contribution is 7.59. The van der Waals surface area contributed by atoms with Crippen LogP contribution in [0.4, 0.5) is 0 Å². The van der Waals surface area contributed by atoms with Gasteiger partial charge in [-0.15, -0.1) is 0 Å².